The number of nitrogen functional groups attached to an aromatic ring is 1. The number of anilines is 2. The zero-order valence-corrected chi connectivity index (χ0v) is 18.7. The zero-order valence-electron chi connectivity index (χ0n) is 18.7. The Morgan fingerprint density at radius 2 is 1.68 bits per heavy atom. The normalized spacial score (nSPS) is 14.0. The van der Waals surface area contributed by atoms with E-state index in [2.05, 4.69) is 10.3 Å². The van der Waals surface area contributed by atoms with Crippen LogP contribution >= 0.6 is 0 Å². The van der Waals surface area contributed by atoms with Gasteiger partial charge in [-0.05, 0) is 60.4 Å². The number of nitrogens with zero attached hydrogens (tertiary/aromatic N) is 3. The second-order valence-electron chi connectivity index (χ2n) is 8.24. The third kappa shape index (κ3) is 5.14. The van der Waals surface area contributed by atoms with Crippen molar-refractivity contribution in [1.82, 2.24) is 14.8 Å². The molecule has 0 bridgehead atoms. The van der Waals surface area contributed by atoms with Gasteiger partial charge in [0.2, 0.25) is 0 Å². The number of nitrogens with two attached hydrogens (primary N) is 1. The van der Waals surface area contributed by atoms with Crippen LogP contribution in [0.3, 0.4) is 0 Å². The number of urea groups is 1. The van der Waals surface area contributed by atoms with Gasteiger partial charge >= 0.3 is 6.03 Å². The Morgan fingerprint density at radius 3 is 2.29 bits per heavy atom. The molecule has 4 rings (SSSR count). The Labute approximate surface area is 196 Å². The van der Waals surface area contributed by atoms with Crippen LogP contribution in [0, 0.1) is 11.6 Å². The molecule has 0 aliphatic carbocycles. The van der Waals surface area contributed by atoms with Crippen molar-refractivity contribution in [3.63, 3.8) is 0 Å². The van der Waals surface area contributed by atoms with Gasteiger partial charge in [-0.25, -0.2) is 18.6 Å². The van der Waals surface area contributed by atoms with E-state index in [4.69, 9.17) is 5.73 Å². The van der Waals surface area contributed by atoms with E-state index >= 15 is 0 Å². The molecule has 0 radical (unpaired) electrons. The van der Waals surface area contributed by atoms with Crippen LogP contribution in [0.4, 0.5) is 25.1 Å². The van der Waals surface area contributed by atoms with Gasteiger partial charge in [0, 0.05) is 44.1 Å². The van der Waals surface area contributed by atoms with Gasteiger partial charge in [0.15, 0.2) is 0 Å². The topological polar surface area (TPSA) is 91.6 Å². The third-order valence-corrected chi connectivity index (χ3v) is 6.02. The number of halogens is 2. The molecule has 176 valence electrons. The Hall–Kier alpha value is -4.01. The van der Waals surface area contributed by atoms with Gasteiger partial charge < -0.3 is 20.9 Å². The average molecular weight is 466 g/mol. The molecule has 1 fully saturated rings. The van der Waals surface area contributed by atoms with Gasteiger partial charge in [0.1, 0.15) is 17.5 Å². The molecule has 1 aliphatic heterocycles. The number of carbonyl (C=O) groups excluding carboxylic acids is 2. The minimum Gasteiger partial charge on any atom is -0.383 e. The van der Waals surface area contributed by atoms with E-state index in [1.165, 1.54) is 12.1 Å². The summed E-state index contributed by atoms with van der Waals surface area (Å²) in [6.07, 6.45) is 2.82. The van der Waals surface area contributed by atoms with Crippen molar-refractivity contribution in [2.75, 3.05) is 31.2 Å². The van der Waals surface area contributed by atoms with E-state index in [0.717, 1.165) is 6.07 Å². The molecule has 3 amide bonds. The van der Waals surface area contributed by atoms with E-state index < -0.39 is 11.6 Å². The van der Waals surface area contributed by atoms with E-state index in [1.54, 1.807) is 59.4 Å². The number of aromatic nitrogens is 1. The first-order valence-electron chi connectivity index (χ1n) is 10.9. The van der Waals surface area contributed by atoms with Crippen molar-refractivity contribution in [1.29, 1.82) is 0 Å². The molecule has 34 heavy (non-hydrogen) atoms. The molecule has 1 saturated heterocycles. The number of pyridine rings is 1. The number of carbonyl (C=O) groups is 2. The highest BCUT2D eigenvalue weighted by Crippen LogP contribution is 2.24. The largest absolute Gasteiger partial charge is 0.383 e. The van der Waals surface area contributed by atoms with Crippen LogP contribution in [-0.2, 0) is 0 Å². The number of rotatable bonds is 4. The molecule has 0 atom stereocenters. The summed E-state index contributed by atoms with van der Waals surface area (Å²) in [5.41, 5.74) is 7.83. The number of nitrogens with one attached hydrogen (secondary N) is 1. The van der Waals surface area contributed by atoms with Crippen molar-refractivity contribution >= 4 is 23.4 Å². The molecule has 0 saturated carbocycles. The smallest absolute Gasteiger partial charge is 0.321 e. The number of hydrogen-bond donors (Lipinski definition) is 2. The fourth-order valence-corrected chi connectivity index (χ4v) is 4.07. The molecule has 3 aromatic rings. The second-order valence-corrected chi connectivity index (χ2v) is 8.24. The van der Waals surface area contributed by atoms with Gasteiger partial charge in [0.25, 0.3) is 5.91 Å². The van der Waals surface area contributed by atoms with Crippen molar-refractivity contribution in [3.05, 3.63) is 78.0 Å². The minimum absolute atomic E-state index is 0.0233. The summed E-state index contributed by atoms with van der Waals surface area (Å²) in [5.74, 6) is -1.24. The molecule has 1 aromatic heterocycles. The van der Waals surface area contributed by atoms with Gasteiger partial charge in [-0.15, -0.1) is 0 Å². The summed E-state index contributed by atoms with van der Waals surface area (Å²) in [5, 5.41) is 2.84. The SMILES string of the molecule is CN(C(=O)Nc1ccc(-c2cc(F)cc(F)c2)cc1)C1CCN(C(=O)c2cccnc2N)CC1. The predicted molar refractivity (Wildman–Crippen MR) is 126 cm³/mol. The lowest BCUT2D eigenvalue weighted by molar-refractivity contribution is 0.0672. The zero-order chi connectivity index (χ0) is 24.2. The summed E-state index contributed by atoms with van der Waals surface area (Å²) < 4.78 is 26.9. The summed E-state index contributed by atoms with van der Waals surface area (Å²) in [6.45, 7) is 1.02. The maximum atomic E-state index is 13.5. The fourth-order valence-electron chi connectivity index (χ4n) is 4.07. The van der Waals surface area contributed by atoms with Crippen molar-refractivity contribution in [3.8, 4) is 11.1 Å². The first kappa shape index (κ1) is 23.2. The van der Waals surface area contributed by atoms with E-state index in [0.29, 0.717) is 48.3 Å². The number of benzene rings is 2. The second kappa shape index (κ2) is 9.86. The summed E-state index contributed by atoms with van der Waals surface area (Å²) in [4.78, 5) is 32.8. The molecule has 0 unspecified atom stereocenters. The quantitative estimate of drug-likeness (QED) is 0.598. The van der Waals surface area contributed by atoms with Crippen LogP contribution in [-0.4, -0.2) is 52.9 Å². The summed E-state index contributed by atoms with van der Waals surface area (Å²) in [6, 6.07) is 13.1. The Morgan fingerprint density at radius 1 is 1.03 bits per heavy atom. The lowest BCUT2D eigenvalue weighted by Crippen LogP contribution is -2.48. The van der Waals surface area contributed by atoms with Crippen LogP contribution in [0.25, 0.3) is 11.1 Å². The van der Waals surface area contributed by atoms with Crippen LogP contribution in [0.5, 0.6) is 0 Å². The molecule has 1 aliphatic rings. The summed E-state index contributed by atoms with van der Waals surface area (Å²) >= 11 is 0. The van der Waals surface area contributed by atoms with Crippen molar-refractivity contribution < 1.29 is 18.4 Å². The fraction of sp³-hybridized carbons (Fsp3) is 0.240. The van der Waals surface area contributed by atoms with Gasteiger partial charge in [-0.3, -0.25) is 4.79 Å². The van der Waals surface area contributed by atoms with Gasteiger partial charge in [-0.2, -0.15) is 0 Å². The Kier molecular flexibility index (Phi) is 6.72. The minimum atomic E-state index is -0.648. The highest BCUT2D eigenvalue weighted by atomic mass is 19.1. The Balaban J connectivity index is 1.33. The predicted octanol–water partition coefficient (Wildman–Crippen LogP) is 4.38. The first-order valence-corrected chi connectivity index (χ1v) is 10.9. The molecule has 2 aromatic carbocycles. The lowest BCUT2D eigenvalue weighted by Gasteiger charge is -2.36. The van der Waals surface area contributed by atoms with Crippen LogP contribution in [0.15, 0.2) is 60.8 Å². The number of amides is 3. The third-order valence-electron chi connectivity index (χ3n) is 6.02. The van der Waals surface area contributed by atoms with E-state index in [-0.39, 0.29) is 23.8 Å². The molecular formula is C25H25F2N5O2. The van der Waals surface area contributed by atoms with E-state index in [1.807, 2.05) is 0 Å². The van der Waals surface area contributed by atoms with Crippen LogP contribution in [0.1, 0.15) is 23.2 Å². The Bertz CT molecular complexity index is 1170. The molecular weight excluding hydrogens is 440 g/mol. The molecule has 2 heterocycles. The standard InChI is InChI=1S/C25H25F2N5O2/c1-31(21-8-11-32(12-9-21)24(33)22-3-2-10-29-23(22)28)25(34)30-20-6-4-16(5-7-20)17-13-18(26)15-19(27)14-17/h2-7,10,13-15,21H,8-9,11-12H2,1H3,(H2,28,29)(H,30,34). The highest BCUT2D eigenvalue weighted by molar-refractivity contribution is 5.98. The molecule has 7 nitrogen and oxygen atoms in total. The van der Waals surface area contributed by atoms with Gasteiger partial charge in [0.05, 0.1) is 5.56 Å². The number of piperidine rings is 1. The van der Waals surface area contributed by atoms with E-state index in [9.17, 15) is 18.4 Å². The van der Waals surface area contributed by atoms with Crippen molar-refractivity contribution in [2.24, 2.45) is 0 Å². The molecule has 3 N–H and O–H groups in total. The van der Waals surface area contributed by atoms with Crippen molar-refractivity contribution in [2.45, 2.75) is 18.9 Å². The maximum absolute atomic E-state index is 13.5. The van der Waals surface area contributed by atoms with Crippen LogP contribution in [0.2, 0.25) is 0 Å². The highest BCUT2D eigenvalue weighted by Gasteiger charge is 2.28. The average Bonchev–Trinajstić information content (AvgIpc) is 2.83. The number of hydrogen-bond acceptors (Lipinski definition) is 4. The van der Waals surface area contributed by atoms with Gasteiger partial charge in [-0.1, -0.05) is 12.1 Å². The number of likely N-dealkylation sites (tertiary alicyclic amines) is 1. The molecule has 9 heteroatoms. The van der Waals surface area contributed by atoms with Crippen LogP contribution < -0.4 is 11.1 Å². The lowest BCUT2D eigenvalue weighted by atomic mass is 10.0. The monoisotopic (exact) mass is 465 g/mol. The molecule has 0 spiro atoms. The summed E-state index contributed by atoms with van der Waals surface area (Å²) in [7, 11) is 1.72. The maximum Gasteiger partial charge on any atom is 0.321 e. The first-order chi connectivity index (χ1) is 16.3.